The second-order valence-electron chi connectivity index (χ2n) is 6.22. The molecule has 0 unspecified atom stereocenters. The monoisotopic (exact) mass is 317 g/mol. The zero-order chi connectivity index (χ0) is 17.0. The topological polar surface area (TPSA) is 72.6 Å². The third kappa shape index (κ3) is 4.34. The Labute approximate surface area is 136 Å². The Balaban J connectivity index is 2.11. The van der Waals surface area contributed by atoms with E-state index in [0.29, 0.717) is 12.4 Å². The molecular formula is C18H23NO4. The van der Waals surface area contributed by atoms with Gasteiger partial charge in [-0.15, -0.1) is 0 Å². The third-order valence-corrected chi connectivity index (χ3v) is 3.58. The normalized spacial score (nSPS) is 11.2. The summed E-state index contributed by atoms with van der Waals surface area (Å²) in [6, 6.07) is 7.11. The average molecular weight is 317 g/mol. The molecule has 2 aromatic rings. The van der Waals surface area contributed by atoms with Gasteiger partial charge in [0.05, 0.1) is 17.7 Å². The van der Waals surface area contributed by atoms with Crippen molar-refractivity contribution in [1.29, 1.82) is 0 Å². The van der Waals surface area contributed by atoms with Crippen LogP contribution in [-0.4, -0.2) is 16.2 Å². The van der Waals surface area contributed by atoms with Gasteiger partial charge in [-0.3, -0.25) is 4.79 Å². The van der Waals surface area contributed by atoms with Crippen LogP contribution in [0.25, 0.3) is 0 Å². The average Bonchev–Trinajstić information content (AvgIpc) is 2.90. The van der Waals surface area contributed by atoms with Crippen LogP contribution in [0.2, 0.25) is 0 Å². The van der Waals surface area contributed by atoms with Gasteiger partial charge in [-0.2, -0.15) is 0 Å². The highest BCUT2D eigenvalue weighted by Crippen LogP contribution is 2.28. The molecule has 0 atom stereocenters. The van der Waals surface area contributed by atoms with Crippen LogP contribution in [0, 0.1) is 0 Å². The fraction of sp³-hybridized carbons (Fsp3) is 0.444. The van der Waals surface area contributed by atoms with Gasteiger partial charge in [0, 0.05) is 5.92 Å². The van der Waals surface area contributed by atoms with E-state index in [2.05, 4.69) is 32.9 Å². The third-order valence-electron chi connectivity index (χ3n) is 3.58. The van der Waals surface area contributed by atoms with Crippen molar-refractivity contribution in [2.45, 2.75) is 52.6 Å². The summed E-state index contributed by atoms with van der Waals surface area (Å²) >= 11 is 0. The van der Waals surface area contributed by atoms with Crippen LogP contribution in [0.1, 0.15) is 62.1 Å². The van der Waals surface area contributed by atoms with Crippen LogP contribution in [0.3, 0.4) is 0 Å². The number of rotatable bonds is 7. The van der Waals surface area contributed by atoms with Gasteiger partial charge in [-0.05, 0) is 23.6 Å². The van der Waals surface area contributed by atoms with Gasteiger partial charge in [-0.1, -0.05) is 45.0 Å². The van der Waals surface area contributed by atoms with Gasteiger partial charge >= 0.3 is 5.97 Å². The molecule has 0 spiro atoms. The van der Waals surface area contributed by atoms with Crippen LogP contribution in [0.4, 0.5) is 0 Å². The number of nitrogens with zero attached hydrogens (tertiary/aromatic N) is 1. The van der Waals surface area contributed by atoms with E-state index in [1.165, 1.54) is 0 Å². The van der Waals surface area contributed by atoms with Crippen molar-refractivity contribution in [1.82, 2.24) is 5.16 Å². The number of aliphatic carboxylic acids is 1. The lowest BCUT2D eigenvalue weighted by molar-refractivity contribution is -0.136. The summed E-state index contributed by atoms with van der Waals surface area (Å²) in [5.41, 5.74) is 2.68. The van der Waals surface area contributed by atoms with E-state index in [9.17, 15) is 4.79 Å². The molecule has 1 aromatic heterocycles. The van der Waals surface area contributed by atoms with E-state index in [1.54, 1.807) is 24.3 Å². The maximum atomic E-state index is 10.7. The van der Waals surface area contributed by atoms with Gasteiger partial charge in [0.2, 0.25) is 0 Å². The minimum atomic E-state index is -0.841. The van der Waals surface area contributed by atoms with Crippen LogP contribution in [-0.2, 0) is 17.8 Å². The van der Waals surface area contributed by atoms with E-state index >= 15 is 0 Å². The van der Waals surface area contributed by atoms with Gasteiger partial charge in [-0.25, -0.2) is 0 Å². The van der Waals surface area contributed by atoms with Crippen molar-refractivity contribution in [3.63, 3.8) is 0 Å². The summed E-state index contributed by atoms with van der Waals surface area (Å²) in [6.45, 7) is 8.67. The summed E-state index contributed by atoms with van der Waals surface area (Å²) in [5.74, 6) is 1.22. The Morgan fingerprint density at radius 2 is 1.83 bits per heavy atom. The zero-order valence-corrected chi connectivity index (χ0v) is 14.0. The molecule has 0 radical (unpaired) electrons. The summed E-state index contributed by atoms with van der Waals surface area (Å²) < 4.78 is 11.3. The van der Waals surface area contributed by atoms with Crippen LogP contribution in [0.15, 0.2) is 28.8 Å². The molecule has 23 heavy (non-hydrogen) atoms. The van der Waals surface area contributed by atoms with Crippen molar-refractivity contribution >= 4 is 5.97 Å². The van der Waals surface area contributed by atoms with E-state index in [-0.39, 0.29) is 18.3 Å². The number of carboxylic acid groups (broad SMARTS) is 1. The predicted octanol–water partition coefficient (Wildman–Crippen LogP) is 4.13. The van der Waals surface area contributed by atoms with E-state index in [1.807, 2.05) is 0 Å². The van der Waals surface area contributed by atoms with E-state index in [0.717, 1.165) is 22.6 Å². The Bertz CT molecular complexity index is 631. The molecular weight excluding hydrogens is 294 g/mol. The fourth-order valence-corrected chi connectivity index (χ4v) is 2.42. The minimum Gasteiger partial charge on any atom is -0.489 e. The van der Waals surface area contributed by atoms with E-state index in [4.69, 9.17) is 14.4 Å². The van der Waals surface area contributed by atoms with Gasteiger partial charge < -0.3 is 14.4 Å². The SMILES string of the molecule is CC(C)c1noc(C(C)C)c1COc1ccc(CC(=O)O)cc1. The first-order valence-electron chi connectivity index (χ1n) is 7.80. The number of carbonyl (C=O) groups is 1. The largest absolute Gasteiger partial charge is 0.489 e. The van der Waals surface area contributed by atoms with Crippen molar-refractivity contribution < 1.29 is 19.2 Å². The highest BCUT2D eigenvalue weighted by atomic mass is 16.5. The van der Waals surface area contributed by atoms with Gasteiger partial charge in [0.25, 0.3) is 0 Å². The molecule has 0 fully saturated rings. The Morgan fingerprint density at radius 3 is 2.35 bits per heavy atom. The van der Waals surface area contributed by atoms with Crippen LogP contribution >= 0.6 is 0 Å². The van der Waals surface area contributed by atoms with Crippen molar-refractivity contribution in [3.05, 3.63) is 46.8 Å². The minimum absolute atomic E-state index is 0.0148. The highest BCUT2D eigenvalue weighted by molar-refractivity contribution is 5.70. The van der Waals surface area contributed by atoms with Crippen molar-refractivity contribution in [2.75, 3.05) is 0 Å². The number of hydrogen-bond acceptors (Lipinski definition) is 4. The lowest BCUT2D eigenvalue weighted by Crippen LogP contribution is -2.04. The maximum absolute atomic E-state index is 10.7. The second-order valence-corrected chi connectivity index (χ2v) is 6.22. The smallest absolute Gasteiger partial charge is 0.307 e. The van der Waals surface area contributed by atoms with Gasteiger partial charge in [0.15, 0.2) is 0 Å². The number of carboxylic acids is 1. The molecule has 0 saturated heterocycles. The quantitative estimate of drug-likeness (QED) is 0.831. The summed E-state index contributed by atoms with van der Waals surface area (Å²) in [7, 11) is 0. The van der Waals surface area contributed by atoms with Crippen molar-refractivity contribution in [3.8, 4) is 5.75 Å². The van der Waals surface area contributed by atoms with Crippen LogP contribution in [0.5, 0.6) is 5.75 Å². The Hall–Kier alpha value is -2.30. The number of ether oxygens (including phenoxy) is 1. The molecule has 0 aliphatic rings. The molecule has 124 valence electrons. The number of aromatic nitrogens is 1. The summed E-state index contributed by atoms with van der Waals surface area (Å²) in [6.07, 6.45) is 0.0148. The predicted molar refractivity (Wildman–Crippen MR) is 86.8 cm³/mol. The first-order valence-corrected chi connectivity index (χ1v) is 7.80. The molecule has 0 saturated carbocycles. The first-order chi connectivity index (χ1) is 10.9. The Morgan fingerprint density at radius 1 is 1.17 bits per heavy atom. The molecule has 0 aliphatic carbocycles. The number of hydrogen-bond donors (Lipinski definition) is 1. The summed E-state index contributed by atoms with van der Waals surface area (Å²) in [5, 5.41) is 13.0. The molecule has 0 aliphatic heterocycles. The van der Waals surface area contributed by atoms with Crippen molar-refractivity contribution in [2.24, 2.45) is 0 Å². The number of benzene rings is 1. The molecule has 0 bridgehead atoms. The molecule has 2 rings (SSSR count). The fourth-order valence-electron chi connectivity index (χ4n) is 2.42. The lowest BCUT2D eigenvalue weighted by atomic mass is 10.00. The molecule has 0 amide bonds. The van der Waals surface area contributed by atoms with Crippen LogP contribution < -0.4 is 4.74 Å². The molecule has 1 N–H and O–H groups in total. The lowest BCUT2D eigenvalue weighted by Gasteiger charge is -2.10. The highest BCUT2D eigenvalue weighted by Gasteiger charge is 2.21. The second kappa shape index (κ2) is 7.31. The first kappa shape index (κ1) is 17.1. The van der Waals surface area contributed by atoms with E-state index < -0.39 is 5.97 Å². The maximum Gasteiger partial charge on any atom is 0.307 e. The molecule has 1 heterocycles. The molecule has 5 nitrogen and oxygen atoms in total. The standard InChI is InChI=1S/C18H23NO4/c1-11(2)17-15(18(12(3)4)23-19-17)10-22-14-7-5-13(6-8-14)9-16(20)21/h5-8,11-12H,9-10H2,1-4H3,(H,20,21). The zero-order valence-electron chi connectivity index (χ0n) is 14.0. The Kier molecular flexibility index (Phi) is 5.42. The van der Waals surface area contributed by atoms with Gasteiger partial charge in [0.1, 0.15) is 18.1 Å². The molecule has 5 heteroatoms. The molecule has 1 aromatic carbocycles. The summed E-state index contributed by atoms with van der Waals surface area (Å²) in [4.78, 5) is 10.7.